The number of hydrogen-bond acceptors (Lipinski definition) is 3. The largest absolute Gasteiger partial charge is 0.455 e. The number of amides is 1. The number of nitrogens with zero attached hydrogens (tertiary/aromatic N) is 1. The van der Waals surface area contributed by atoms with Gasteiger partial charge in [0.2, 0.25) is 0 Å². The molecule has 1 N–H and O–H groups in total. The van der Waals surface area contributed by atoms with Gasteiger partial charge in [-0.1, -0.05) is 17.7 Å². The molecule has 2 aromatic rings. The molecule has 0 unspecified atom stereocenters. The van der Waals surface area contributed by atoms with Crippen molar-refractivity contribution < 1.29 is 9.21 Å². The van der Waals surface area contributed by atoms with E-state index in [9.17, 15) is 4.79 Å². The fraction of sp³-hybridized carbons (Fsp3) is 0.353. The molecule has 4 nitrogen and oxygen atoms in total. The van der Waals surface area contributed by atoms with E-state index in [0.29, 0.717) is 16.5 Å². The second-order valence-corrected chi connectivity index (χ2v) is 6.10. The Morgan fingerprint density at radius 2 is 2.05 bits per heavy atom. The van der Waals surface area contributed by atoms with Crippen LogP contribution in [0.2, 0.25) is 5.02 Å². The van der Waals surface area contributed by atoms with Gasteiger partial charge in [-0.05, 0) is 62.7 Å². The average molecular weight is 319 g/mol. The van der Waals surface area contributed by atoms with Crippen molar-refractivity contribution in [1.29, 1.82) is 0 Å². The van der Waals surface area contributed by atoms with Gasteiger partial charge in [-0.25, -0.2) is 0 Å². The van der Waals surface area contributed by atoms with Crippen LogP contribution in [-0.2, 0) is 6.54 Å². The van der Waals surface area contributed by atoms with Crippen LogP contribution in [0.1, 0.15) is 34.7 Å². The summed E-state index contributed by atoms with van der Waals surface area (Å²) in [7, 11) is 0. The van der Waals surface area contributed by atoms with Crippen LogP contribution in [0.5, 0.6) is 0 Å². The Morgan fingerprint density at radius 3 is 2.82 bits per heavy atom. The lowest BCUT2D eigenvalue weighted by Gasteiger charge is -2.11. The van der Waals surface area contributed by atoms with Crippen molar-refractivity contribution in [3.8, 4) is 0 Å². The first kappa shape index (κ1) is 15.1. The Hall–Kier alpha value is -1.78. The normalized spacial score (nSPS) is 15.2. The molecule has 22 heavy (non-hydrogen) atoms. The molecule has 0 spiro atoms. The fourth-order valence-electron chi connectivity index (χ4n) is 2.66. The van der Waals surface area contributed by atoms with Crippen LogP contribution >= 0.6 is 11.6 Å². The maximum atomic E-state index is 12.3. The molecule has 1 amide bonds. The lowest BCUT2D eigenvalue weighted by atomic mass is 10.2. The van der Waals surface area contributed by atoms with Gasteiger partial charge in [0, 0.05) is 10.7 Å². The van der Waals surface area contributed by atoms with Crippen molar-refractivity contribution in [2.24, 2.45) is 0 Å². The van der Waals surface area contributed by atoms with E-state index in [1.54, 1.807) is 18.2 Å². The predicted octanol–water partition coefficient (Wildman–Crippen LogP) is 4.09. The van der Waals surface area contributed by atoms with Crippen molar-refractivity contribution in [3.05, 3.63) is 52.4 Å². The highest BCUT2D eigenvalue weighted by Crippen LogP contribution is 2.21. The van der Waals surface area contributed by atoms with E-state index in [4.69, 9.17) is 16.0 Å². The van der Waals surface area contributed by atoms with E-state index in [-0.39, 0.29) is 5.91 Å². The molecule has 1 saturated heterocycles. The molecule has 0 saturated carbocycles. The third kappa shape index (κ3) is 3.51. The number of furan rings is 1. The summed E-state index contributed by atoms with van der Waals surface area (Å²) in [6, 6.07) is 9.01. The van der Waals surface area contributed by atoms with Gasteiger partial charge in [0.05, 0.1) is 6.54 Å². The molecule has 2 heterocycles. The number of anilines is 1. The van der Waals surface area contributed by atoms with Gasteiger partial charge in [-0.2, -0.15) is 0 Å². The minimum Gasteiger partial charge on any atom is -0.455 e. The van der Waals surface area contributed by atoms with Gasteiger partial charge in [0.1, 0.15) is 5.76 Å². The highest BCUT2D eigenvalue weighted by atomic mass is 35.5. The fourth-order valence-corrected chi connectivity index (χ4v) is 2.83. The number of nitrogens with one attached hydrogen (secondary N) is 1. The standard InChI is InChI=1S/C17H19ClN2O2/c1-12-4-5-13(18)10-15(12)19-17(21)16-7-6-14(22-16)11-20-8-2-3-9-20/h4-7,10H,2-3,8-9,11H2,1H3,(H,19,21). The van der Waals surface area contributed by atoms with E-state index in [0.717, 1.165) is 31.0 Å². The third-order valence-electron chi connectivity index (χ3n) is 3.91. The lowest BCUT2D eigenvalue weighted by molar-refractivity contribution is 0.0993. The zero-order valence-corrected chi connectivity index (χ0v) is 13.3. The summed E-state index contributed by atoms with van der Waals surface area (Å²) in [5, 5.41) is 3.44. The molecule has 1 aromatic carbocycles. The Morgan fingerprint density at radius 1 is 1.27 bits per heavy atom. The number of hydrogen-bond donors (Lipinski definition) is 1. The number of benzene rings is 1. The van der Waals surface area contributed by atoms with Crippen molar-refractivity contribution in [2.45, 2.75) is 26.3 Å². The topological polar surface area (TPSA) is 45.5 Å². The Labute approximate surface area is 135 Å². The Bertz CT molecular complexity index is 675. The van der Waals surface area contributed by atoms with Crippen LogP contribution in [0.15, 0.2) is 34.7 Å². The SMILES string of the molecule is Cc1ccc(Cl)cc1NC(=O)c1ccc(CN2CCCC2)o1. The summed E-state index contributed by atoms with van der Waals surface area (Å²) in [5.41, 5.74) is 1.66. The molecular weight excluding hydrogens is 300 g/mol. The molecule has 0 bridgehead atoms. The smallest absolute Gasteiger partial charge is 0.291 e. The summed E-state index contributed by atoms with van der Waals surface area (Å²) in [6.45, 7) is 4.89. The number of carbonyl (C=O) groups is 1. The van der Waals surface area contributed by atoms with E-state index < -0.39 is 0 Å². The second kappa shape index (κ2) is 6.55. The maximum absolute atomic E-state index is 12.3. The minimum absolute atomic E-state index is 0.252. The van der Waals surface area contributed by atoms with Crippen LogP contribution in [0.3, 0.4) is 0 Å². The third-order valence-corrected chi connectivity index (χ3v) is 4.15. The average Bonchev–Trinajstić information content (AvgIpc) is 3.15. The Kier molecular flexibility index (Phi) is 4.50. The zero-order valence-electron chi connectivity index (χ0n) is 12.6. The summed E-state index contributed by atoms with van der Waals surface area (Å²) in [4.78, 5) is 14.6. The molecule has 116 valence electrons. The minimum atomic E-state index is -0.252. The van der Waals surface area contributed by atoms with Gasteiger partial charge in [-0.3, -0.25) is 9.69 Å². The van der Waals surface area contributed by atoms with Crippen LogP contribution in [-0.4, -0.2) is 23.9 Å². The first-order chi connectivity index (χ1) is 10.6. The van der Waals surface area contributed by atoms with Crippen molar-refractivity contribution in [2.75, 3.05) is 18.4 Å². The van der Waals surface area contributed by atoms with Crippen molar-refractivity contribution >= 4 is 23.2 Å². The number of rotatable bonds is 4. The molecule has 3 rings (SSSR count). The van der Waals surface area contributed by atoms with Crippen LogP contribution in [0, 0.1) is 6.92 Å². The van der Waals surface area contributed by atoms with E-state index in [1.807, 2.05) is 19.1 Å². The van der Waals surface area contributed by atoms with Gasteiger partial charge in [0.15, 0.2) is 5.76 Å². The van der Waals surface area contributed by atoms with Gasteiger partial charge >= 0.3 is 0 Å². The van der Waals surface area contributed by atoms with Gasteiger partial charge in [0.25, 0.3) is 5.91 Å². The zero-order chi connectivity index (χ0) is 15.5. The Balaban J connectivity index is 1.67. The van der Waals surface area contributed by atoms with E-state index in [1.165, 1.54) is 12.8 Å². The highest BCUT2D eigenvalue weighted by Gasteiger charge is 2.16. The molecule has 1 aromatic heterocycles. The van der Waals surface area contributed by atoms with Crippen molar-refractivity contribution in [1.82, 2.24) is 4.90 Å². The monoisotopic (exact) mass is 318 g/mol. The first-order valence-electron chi connectivity index (χ1n) is 7.50. The summed E-state index contributed by atoms with van der Waals surface area (Å²) >= 11 is 5.97. The van der Waals surface area contributed by atoms with Gasteiger partial charge < -0.3 is 9.73 Å². The summed E-state index contributed by atoms with van der Waals surface area (Å²) < 4.78 is 5.66. The quantitative estimate of drug-likeness (QED) is 0.923. The van der Waals surface area contributed by atoms with Crippen LogP contribution in [0.25, 0.3) is 0 Å². The molecule has 0 aliphatic carbocycles. The van der Waals surface area contributed by atoms with E-state index >= 15 is 0 Å². The van der Waals surface area contributed by atoms with Crippen molar-refractivity contribution in [3.63, 3.8) is 0 Å². The molecule has 1 aliphatic rings. The molecule has 1 aliphatic heterocycles. The summed E-state index contributed by atoms with van der Waals surface area (Å²) in [6.07, 6.45) is 2.48. The molecule has 5 heteroatoms. The molecular formula is C17H19ClN2O2. The number of likely N-dealkylation sites (tertiary alicyclic amines) is 1. The highest BCUT2D eigenvalue weighted by molar-refractivity contribution is 6.31. The summed E-state index contributed by atoms with van der Waals surface area (Å²) in [5.74, 6) is 0.904. The maximum Gasteiger partial charge on any atom is 0.291 e. The predicted molar refractivity (Wildman–Crippen MR) is 87.4 cm³/mol. The molecule has 0 radical (unpaired) electrons. The second-order valence-electron chi connectivity index (χ2n) is 5.66. The van der Waals surface area contributed by atoms with Crippen LogP contribution < -0.4 is 5.32 Å². The molecule has 0 atom stereocenters. The number of aryl methyl sites for hydroxylation is 1. The number of carbonyl (C=O) groups excluding carboxylic acids is 1. The molecule has 1 fully saturated rings. The van der Waals surface area contributed by atoms with E-state index in [2.05, 4.69) is 10.2 Å². The van der Waals surface area contributed by atoms with Gasteiger partial charge in [-0.15, -0.1) is 0 Å². The lowest BCUT2D eigenvalue weighted by Crippen LogP contribution is -2.18. The first-order valence-corrected chi connectivity index (χ1v) is 7.88. The van der Waals surface area contributed by atoms with Crippen LogP contribution in [0.4, 0.5) is 5.69 Å². The number of halogens is 1.